The number of methoxy groups -OCH3 is 1. The number of carbonyl (C=O) groups excluding carboxylic acids is 1. The highest BCUT2D eigenvalue weighted by Crippen LogP contribution is 2.22. The van der Waals surface area contributed by atoms with Crippen LogP contribution in [0.1, 0.15) is 6.42 Å². The van der Waals surface area contributed by atoms with E-state index < -0.39 is 0 Å². The minimum atomic E-state index is 0. The number of hydrogen-bond acceptors (Lipinski definition) is 4. The Labute approximate surface area is 138 Å². The maximum Gasteiger partial charge on any atom is 0.241 e. The maximum absolute atomic E-state index is 12.1. The Morgan fingerprint density at radius 1 is 1.29 bits per heavy atom. The van der Waals surface area contributed by atoms with Crippen LogP contribution >= 0.6 is 24.8 Å². The molecule has 0 aromatic heterocycles. The molecule has 0 unspecified atom stereocenters. The molecule has 1 aromatic rings. The van der Waals surface area contributed by atoms with Gasteiger partial charge in [0.15, 0.2) is 0 Å². The van der Waals surface area contributed by atoms with E-state index in [2.05, 4.69) is 10.6 Å². The third-order valence-corrected chi connectivity index (χ3v) is 3.23. The van der Waals surface area contributed by atoms with Gasteiger partial charge >= 0.3 is 0 Å². The second-order valence-corrected chi connectivity index (χ2v) is 4.54. The molecule has 5 nitrogen and oxygen atoms in total. The summed E-state index contributed by atoms with van der Waals surface area (Å²) in [6, 6.07) is 7.62. The molecule has 1 heterocycles. The van der Waals surface area contributed by atoms with Crippen molar-refractivity contribution in [2.45, 2.75) is 6.42 Å². The quantitative estimate of drug-likeness (QED) is 0.880. The van der Waals surface area contributed by atoms with Gasteiger partial charge in [0.05, 0.1) is 19.3 Å². The van der Waals surface area contributed by atoms with Crippen molar-refractivity contribution in [2.24, 2.45) is 0 Å². The summed E-state index contributed by atoms with van der Waals surface area (Å²) >= 11 is 0. The van der Waals surface area contributed by atoms with E-state index in [0.717, 1.165) is 44.0 Å². The van der Waals surface area contributed by atoms with E-state index >= 15 is 0 Å². The average molecular weight is 336 g/mol. The van der Waals surface area contributed by atoms with Gasteiger partial charge in [0.2, 0.25) is 5.91 Å². The van der Waals surface area contributed by atoms with E-state index in [4.69, 9.17) is 4.74 Å². The predicted octanol–water partition coefficient (Wildman–Crippen LogP) is 1.77. The predicted molar refractivity (Wildman–Crippen MR) is 90.0 cm³/mol. The number of nitrogens with zero attached hydrogens (tertiary/aromatic N) is 1. The Hall–Kier alpha value is -1.17. The minimum absolute atomic E-state index is 0. The van der Waals surface area contributed by atoms with Gasteiger partial charge in [0, 0.05) is 19.6 Å². The first-order valence-electron chi connectivity index (χ1n) is 6.66. The summed E-state index contributed by atoms with van der Waals surface area (Å²) in [5.41, 5.74) is 0.853. The molecule has 0 bridgehead atoms. The Morgan fingerprint density at radius 2 is 2.05 bits per heavy atom. The summed E-state index contributed by atoms with van der Waals surface area (Å²) < 4.78 is 5.25. The number of carbonyl (C=O) groups is 1. The molecule has 1 fully saturated rings. The van der Waals surface area contributed by atoms with Crippen LogP contribution in [0.25, 0.3) is 0 Å². The first kappa shape index (κ1) is 19.8. The first-order chi connectivity index (χ1) is 9.31. The smallest absolute Gasteiger partial charge is 0.241 e. The normalized spacial score (nSPS) is 14.2. The van der Waals surface area contributed by atoms with Gasteiger partial charge in [-0.15, -0.1) is 24.8 Å². The Kier molecular flexibility index (Phi) is 9.95. The van der Waals surface area contributed by atoms with E-state index in [1.807, 2.05) is 29.2 Å². The number of nitrogens with one attached hydrogen (secondary N) is 2. The molecule has 0 radical (unpaired) electrons. The number of para-hydroxylation sites is 2. The van der Waals surface area contributed by atoms with Gasteiger partial charge in [-0.1, -0.05) is 12.1 Å². The molecular weight excluding hydrogens is 313 g/mol. The van der Waals surface area contributed by atoms with Crippen LogP contribution in [0.2, 0.25) is 0 Å². The van der Waals surface area contributed by atoms with Crippen molar-refractivity contribution in [1.82, 2.24) is 10.2 Å². The van der Waals surface area contributed by atoms with Crippen molar-refractivity contribution < 1.29 is 9.53 Å². The van der Waals surface area contributed by atoms with Crippen molar-refractivity contribution in [2.75, 3.05) is 45.2 Å². The summed E-state index contributed by atoms with van der Waals surface area (Å²) in [7, 11) is 1.63. The molecular formula is C14H23Cl2N3O2. The van der Waals surface area contributed by atoms with E-state index in [-0.39, 0.29) is 30.7 Å². The molecule has 0 saturated carbocycles. The van der Waals surface area contributed by atoms with Crippen molar-refractivity contribution in [3.05, 3.63) is 24.3 Å². The van der Waals surface area contributed by atoms with Crippen LogP contribution in [-0.2, 0) is 4.79 Å². The number of benzene rings is 1. The lowest BCUT2D eigenvalue weighted by Gasteiger charge is -2.20. The number of anilines is 1. The summed E-state index contributed by atoms with van der Waals surface area (Å²) in [5, 5.41) is 6.43. The average Bonchev–Trinajstić information content (AvgIpc) is 2.74. The zero-order valence-electron chi connectivity index (χ0n) is 12.1. The van der Waals surface area contributed by atoms with Crippen LogP contribution in [0.3, 0.4) is 0 Å². The van der Waals surface area contributed by atoms with Gasteiger partial charge in [0.1, 0.15) is 5.75 Å². The van der Waals surface area contributed by atoms with Gasteiger partial charge in [-0.3, -0.25) is 4.79 Å². The molecule has 1 saturated heterocycles. The number of rotatable bonds is 4. The number of ether oxygens (including phenoxy) is 1. The monoisotopic (exact) mass is 335 g/mol. The summed E-state index contributed by atoms with van der Waals surface area (Å²) in [4.78, 5) is 14.0. The van der Waals surface area contributed by atoms with Gasteiger partial charge in [-0.2, -0.15) is 0 Å². The molecule has 1 aromatic carbocycles. The third-order valence-electron chi connectivity index (χ3n) is 3.23. The fourth-order valence-electron chi connectivity index (χ4n) is 2.17. The van der Waals surface area contributed by atoms with Crippen LogP contribution in [0.5, 0.6) is 5.75 Å². The molecule has 1 aliphatic heterocycles. The van der Waals surface area contributed by atoms with E-state index in [1.165, 1.54) is 0 Å². The Bertz CT molecular complexity index is 424. The third kappa shape index (κ3) is 5.99. The van der Waals surface area contributed by atoms with Crippen LogP contribution in [0.15, 0.2) is 24.3 Å². The Balaban J connectivity index is 0.00000200. The fourth-order valence-corrected chi connectivity index (χ4v) is 2.17. The maximum atomic E-state index is 12.1. The summed E-state index contributed by atoms with van der Waals surface area (Å²) in [6.07, 6.45) is 1.01. The van der Waals surface area contributed by atoms with Crippen molar-refractivity contribution in [3.8, 4) is 5.75 Å². The van der Waals surface area contributed by atoms with Crippen LogP contribution in [0, 0.1) is 0 Å². The topological polar surface area (TPSA) is 53.6 Å². The van der Waals surface area contributed by atoms with E-state index in [0.29, 0.717) is 6.54 Å². The molecule has 120 valence electrons. The number of amides is 1. The van der Waals surface area contributed by atoms with Gasteiger partial charge in [0.25, 0.3) is 0 Å². The van der Waals surface area contributed by atoms with Gasteiger partial charge in [-0.05, 0) is 25.1 Å². The lowest BCUT2D eigenvalue weighted by Crippen LogP contribution is -2.37. The van der Waals surface area contributed by atoms with Crippen molar-refractivity contribution in [1.29, 1.82) is 0 Å². The lowest BCUT2D eigenvalue weighted by molar-refractivity contribution is -0.129. The fraction of sp³-hybridized carbons (Fsp3) is 0.500. The molecule has 0 spiro atoms. The molecule has 2 rings (SSSR count). The summed E-state index contributed by atoms with van der Waals surface area (Å²) in [6.45, 7) is 3.79. The Morgan fingerprint density at radius 3 is 2.81 bits per heavy atom. The van der Waals surface area contributed by atoms with Crippen LogP contribution in [0.4, 0.5) is 5.69 Å². The molecule has 2 N–H and O–H groups in total. The highest BCUT2D eigenvalue weighted by molar-refractivity contribution is 5.85. The molecule has 1 amide bonds. The zero-order chi connectivity index (χ0) is 13.5. The van der Waals surface area contributed by atoms with Crippen molar-refractivity contribution in [3.63, 3.8) is 0 Å². The van der Waals surface area contributed by atoms with Gasteiger partial charge < -0.3 is 20.3 Å². The summed E-state index contributed by atoms with van der Waals surface area (Å²) in [5.74, 6) is 0.891. The molecule has 7 heteroatoms. The zero-order valence-corrected chi connectivity index (χ0v) is 13.8. The molecule has 0 aliphatic carbocycles. The first-order valence-corrected chi connectivity index (χ1v) is 6.66. The second kappa shape index (κ2) is 10.5. The van der Waals surface area contributed by atoms with Gasteiger partial charge in [-0.25, -0.2) is 0 Å². The minimum Gasteiger partial charge on any atom is -0.495 e. The largest absolute Gasteiger partial charge is 0.495 e. The number of halogens is 2. The highest BCUT2D eigenvalue weighted by Gasteiger charge is 2.15. The number of hydrogen-bond donors (Lipinski definition) is 2. The molecule has 21 heavy (non-hydrogen) atoms. The van der Waals surface area contributed by atoms with Crippen LogP contribution < -0.4 is 15.4 Å². The highest BCUT2D eigenvalue weighted by atomic mass is 35.5. The lowest BCUT2D eigenvalue weighted by atomic mass is 10.3. The van der Waals surface area contributed by atoms with E-state index in [1.54, 1.807) is 7.11 Å². The molecule has 0 atom stereocenters. The van der Waals surface area contributed by atoms with Crippen LogP contribution in [-0.4, -0.2) is 50.6 Å². The van der Waals surface area contributed by atoms with E-state index in [9.17, 15) is 4.79 Å². The SMILES string of the molecule is COc1ccccc1NCC(=O)N1CCCNCC1.Cl.Cl. The molecule has 1 aliphatic rings. The standard InChI is InChI=1S/C14H21N3O2.2ClH/c1-19-13-6-3-2-5-12(13)16-11-14(18)17-9-4-7-15-8-10-17;;/h2-3,5-6,15-16H,4,7-11H2,1H3;2*1H. The second-order valence-electron chi connectivity index (χ2n) is 4.54. The van der Waals surface area contributed by atoms with Crippen molar-refractivity contribution >= 4 is 36.4 Å².